The second-order valence-electron chi connectivity index (χ2n) is 12.1. The molecule has 5 heterocycles. The van der Waals surface area contributed by atoms with Crippen molar-refractivity contribution in [1.29, 1.82) is 0 Å². The van der Waals surface area contributed by atoms with Gasteiger partial charge in [-0.2, -0.15) is 0 Å². The number of hydrogen-bond acceptors (Lipinski definition) is 0. The molecule has 1 aliphatic rings. The fourth-order valence-corrected chi connectivity index (χ4v) is 6.99. The van der Waals surface area contributed by atoms with Gasteiger partial charge in [-0.25, -0.2) is 0 Å². The van der Waals surface area contributed by atoms with Crippen LogP contribution in [0.4, 0.5) is 0 Å². The van der Waals surface area contributed by atoms with Crippen LogP contribution in [-0.2, 0) is 17.1 Å². The molecule has 49 heavy (non-hydrogen) atoms. The first-order valence-electron chi connectivity index (χ1n) is 16.3. The molecule has 4 aromatic carbocycles. The average Bonchev–Trinajstić information content (AvgIpc) is 3.98. The standard InChI is InChI=1S/C44H32N4.Cu/c1-5-13-29(14-6-1)41-33-21-23-35(45-33)42(30-15-7-2-8-16-30)37-25-27-39(47-37)44(32-19-11-4-12-20-32)40-28-26-38(48-40)43(31-17-9-3-10-18-31)36-24-22-34(41)46-36;/h1-28,45-48H;/q;+2. The molecule has 8 bridgehead atoms. The molecule has 237 valence electrons. The fraction of sp³-hybridized carbons (Fsp3) is 0. The third-order valence-electron chi connectivity index (χ3n) is 9.15. The molecule has 8 aromatic rings. The number of nitrogens with one attached hydrogen (secondary N) is 4. The molecule has 4 aromatic heterocycles. The molecule has 4 N–H and O–H groups in total. The number of rotatable bonds is 4. The summed E-state index contributed by atoms with van der Waals surface area (Å²) in [4.78, 5) is 15.4. The van der Waals surface area contributed by atoms with E-state index in [9.17, 15) is 0 Å². The van der Waals surface area contributed by atoms with Crippen molar-refractivity contribution in [3.63, 3.8) is 0 Å². The van der Waals surface area contributed by atoms with Crippen LogP contribution >= 0.6 is 0 Å². The van der Waals surface area contributed by atoms with Crippen molar-refractivity contribution in [2.75, 3.05) is 0 Å². The Kier molecular flexibility index (Phi) is 7.98. The predicted molar refractivity (Wildman–Crippen MR) is 194 cm³/mol. The quantitative estimate of drug-likeness (QED) is 0.158. The Morgan fingerprint density at radius 3 is 0.673 bits per heavy atom. The summed E-state index contributed by atoms with van der Waals surface area (Å²) >= 11 is 0. The summed E-state index contributed by atoms with van der Waals surface area (Å²) in [6, 6.07) is 60.0. The minimum absolute atomic E-state index is 0. The summed E-state index contributed by atoms with van der Waals surface area (Å²) in [6.45, 7) is 0. The predicted octanol–water partition coefficient (Wildman–Crippen LogP) is 6.30. The normalized spacial score (nSPS) is 12.6. The van der Waals surface area contributed by atoms with Gasteiger partial charge in [0.05, 0.1) is 0 Å². The van der Waals surface area contributed by atoms with Crippen LogP contribution in [0.25, 0.3) is 22.3 Å². The van der Waals surface area contributed by atoms with Gasteiger partial charge in [-0.15, -0.1) is 0 Å². The minimum atomic E-state index is 0. The second kappa shape index (κ2) is 12.9. The molecule has 0 atom stereocenters. The van der Waals surface area contributed by atoms with Gasteiger partial charge in [-0.1, -0.05) is 121 Å². The molecule has 1 aliphatic heterocycles. The minimum Gasteiger partial charge on any atom is -0.354 e. The van der Waals surface area contributed by atoms with Gasteiger partial charge in [-0.3, -0.25) is 0 Å². The van der Waals surface area contributed by atoms with Crippen molar-refractivity contribution in [3.8, 4) is 0 Å². The number of fused-ring (bicyclic) bond motifs is 8. The topological polar surface area (TPSA) is 63.2 Å². The van der Waals surface area contributed by atoms with E-state index in [4.69, 9.17) is 0 Å². The molecule has 0 unspecified atom stereocenters. The Morgan fingerprint density at radius 2 is 0.449 bits per heavy atom. The molecule has 0 spiro atoms. The monoisotopic (exact) mass is 679 g/mol. The maximum absolute atomic E-state index is 3.84. The number of aromatic nitrogens is 4. The molecule has 9 rings (SSSR count). The zero-order valence-corrected chi connectivity index (χ0v) is 27.4. The largest absolute Gasteiger partial charge is 2.00 e. The Balaban J connectivity index is 0.00000348. The first kappa shape index (κ1) is 30.3. The molecular weight excluding hydrogens is 648 g/mol. The van der Waals surface area contributed by atoms with Crippen molar-refractivity contribution in [3.05, 3.63) is 236 Å². The summed E-state index contributed by atoms with van der Waals surface area (Å²) < 4.78 is 0. The van der Waals surface area contributed by atoms with Crippen molar-refractivity contribution >= 4 is 22.3 Å². The van der Waals surface area contributed by atoms with E-state index in [0.29, 0.717) is 0 Å². The second-order valence-corrected chi connectivity index (χ2v) is 12.1. The van der Waals surface area contributed by atoms with Gasteiger partial charge in [0.2, 0.25) is 0 Å². The van der Waals surface area contributed by atoms with Crippen LogP contribution in [0.3, 0.4) is 0 Å². The Hall–Kier alpha value is -6.00. The van der Waals surface area contributed by atoms with Crippen molar-refractivity contribution < 1.29 is 17.1 Å². The van der Waals surface area contributed by atoms with Crippen LogP contribution in [0.2, 0.25) is 0 Å². The molecule has 1 radical (unpaired) electrons. The van der Waals surface area contributed by atoms with E-state index in [-0.39, 0.29) is 17.1 Å². The summed E-state index contributed by atoms with van der Waals surface area (Å²) in [6.07, 6.45) is 0. The van der Waals surface area contributed by atoms with Crippen LogP contribution < -0.4 is 21.4 Å². The molecule has 0 saturated carbocycles. The molecule has 5 heteroatoms. The van der Waals surface area contributed by atoms with E-state index in [1.165, 1.54) is 0 Å². The van der Waals surface area contributed by atoms with E-state index >= 15 is 0 Å². The SMILES string of the molecule is [Cu+2].c1ccc(C2=c3ccc([nH]3)=C(c3ccccc3)c3ccc([nH]3)C(c3ccccc3)=c3ccc([nH]3)=C(c3ccccc3)c3ccc2[nH]3)cc1. The van der Waals surface area contributed by atoms with Gasteiger partial charge in [0, 0.05) is 66.5 Å². The average molecular weight is 680 g/mol. The van der Waals surface area contributed by atoms with E-state index in [2.05, 4.69) is 190 Å². The van der Waals surface area contributed by atoms with Crippen LogP contribution in [0, 0.1) is 0 Å². The van der Waals surface area contributed by atoms with Gasteiger partial charge < -0.3 is 19.9 Å². The van der Waals surface area contributed by atoms with Gasteiger partial charge in [-0.05, 0) is 70.8 Å². The van der Waals surface area contributed by atoms with E-state index in [1.807, 2.05) is 0 Å². The van der Waals surface area contributed by atoms with Crippen molar-refractivity contribution in [1.82, 2.24) is 19.9 Å². The number of aromatic amines is 4. The van der Waals surface area contributed by atoms with Gasteiger partial charge in [0.25, 0.3) is 0 Å². The van der Waals surface area contributed by atoms with Gasteiger partial charge in [0.1, 0.15) is 0 Å². The summed E-state index contributed by atoms with van der Waals surface area (Å²) in [5.74, 6) is 0. The Labute approximate surface area is 294 Å². The smallest absolute Gasteiger partial charge is 0.354 e. The summed E-state index contributed by atoms with van der Waals surface area (Å²) in [5.41, 5.74) is 13.1. The molecule has 4 nitrogen and oxygen atoms in total. The molecule has 0 aliphatic carbocycles. The zero-order chi connectivity index (χ0) is 31.9. The summed E-state index contributed by atoms with van der Waals surface area (Å²) in [7, 11) is 0. The molecule has 0 amide bonds. The fourth-order valence-electron chi connectivity index (χ4n) is 6.99. The van der Waals surface area contributed by atoms with Crippen molar-refractivity contribution in [2.45, 2.75) is 0 Å². The Morgan fingerprint density at radius 1 is 0.224 bits per heavy atom. The number of H-pyrrole nitrogens is 4. The first-order valence-corrected chi connectivity index (χ1v) is 16.3. The maximum atomic E-state index is 3.84. The van der Waals surface area contributed by atoms with E-state index < -0.39 is 0 Å². The van der Waals surface area contributed by atoms with Crippen LogP contribution in [0.1, 0.15) is 45.0 Å². The van der Waals surface area contributed by atoms with Crippen LogP contribution in [0.5, 0.6) is 0 Å². The first-order chi connectivity index (χ1) is 23.8. The van der Waals surface area contributed by atoms with Crippen LogP contribution in [-0.4, -0.2) is 19.9 Å². The third-order valence-corrected chi connectivity index (χ3v) is 9.15. The molecule has 0 saturated heterocycles. The third kappa shape index (κ3) is 5.55. The Bertz CT molecular complexity index is 2280. The maximum Gasteiger partial charge on any atom is 2.00 e. The van der Waals surface area contributed by atoms with Crippen molar-refractivity contribution in [2.24, 2.45) is 0 Å². The van der Waals surface area contributed by atoms with Crippen LogP contribution in [0.15, 0.2) is 170 Å². The van der Waals surface area contributed by atoms with E-state index in [0.717, 1.165) is 88.7 Å². The van der Waals surface area contributed by atoms with E-state index in [1.54, 1.807) is 0 Å². The molecule has 0 fully saturated rings. The zero-order valence-electron chi connectivity index (χ0n) is 26.5. The number of benzene rings is 4. The molecular formula is C44H32CuN4+2. The number of hydrogen-bond donors (Lipinski definition) is 4. The van der Waals surface area contributed by atoms with Gasteiger partial charge >= 0.3 is 17.1 Å². The van der Waals surface area contributed by atoms with Gasteiger partial charge in [0.15, 0.2) is 0 Å². The summed E-state index contributed by atoms with van der Waals surface area (Å²) in [5, 5.41) is 4.16.